The molecule has 0 fully saturated rings. The molecule has 0 aliphatic carbocycles. The van der Waals surface area contributed by atoms with Crippen molar-refractivity contribution in [3.8, 4) is 11.5 Å². The Balaban J connectivity index is 1.65. The molecular formula is C18H16FN3O2. The molecule has 0 unspecified atom stereocenters. The normalized spacial score (nSPS) is 10.6. The van der Waals surface area contributed by atoms with E-state index in [1.807, 2.05) is 0 Å². The van der Waals surface area contributed by atoms with Gasteiger partial charge in [-0.25, -0.2) is 4.39 Å². The van der Waals surface area contributed by atoms with E-state index in [9.17, 15) is 9.18 Å². The number of hydrogen-bond donors (Lipinski definition) is 1. The van der Waals surface area contributed by atoms with Crippen LogP contribution >= 0.6 is 0 Å². The summed E-state index contributed by atoms with van der Waals surface area (Å²) in [7, 11) is 0. The number of aromatic nitrogens is 2. The van der Waals surface area contributed by atoms with Crippen LogP contribution in [0.2, 0.25) is 0 Å². The van der Waals surface area contributed by atoms with Crippen molar-refractivity contribution in [3.63, 3.8) is 0 Å². The summed E-state index contributed by atoms with van der Waals surface area (Å²) in [6, 6.07) is 11.8. The Kier molecular flexibility index (Phi) is 4.37. The molecule has 6 heteroatoms. The maximum absolute atomic E-state index is 13.5. The van der Waals surface area contributed by atoms with Crippen molar-refractivity contribution in [3.05, 3.63) is 70.8 Å². The summed E-state index contributed by atoms with van der Waals surface area (Å²) in [5.74, 6) is 0.455. The first-order valence-corrected chi connectivity index (χ1v) is 7.47. The van der Waals surface area contributed by atoms with Crippen LogP contribution in [0.4, 0.5) is 4.39 Å². The first-order chi connectivity index (χ1) is 11.5. The Hall–Kier alpha value is -3.02. The van der Waals surface area contributed by atoms with Crippen LogP contribution in [0.3, 0.4) is 0 Å². The Morgan fingerprint density at radius 2 is 1.92 bits per heavy atom. The number of aryl methyl sites for hydroxylation is 2. The number of halogens is 1. The van der Waals surface area contributed by atoms with Gasteiger partial charge in [0.05, 0.1) is 0 Å². The molecular weight excluding hydrogens is 309 g/mol. The zero-order chi connectivity index (χ0) is 17.1. The first-order valence-electron chi connectivity index (χ1n) is 7.47. The molecule has 5 nitrogen and oxygen atoms in total. The van der Waals surface area contributed by atoms with Crippen molar-refractivity contribution in [2.45, 2.75) is 20.4 Å². The molecule has 0 saturated heterocycles. The number of amides is 1. The summed E-state index contributed by atoms with van der Waals surface area (Å²) in [6.07, 6.45) is 0. The molecule has 0 aliphatic heterocycles. The predicted octanol–water partition coefficient (Wildman–Crippen LogP) is 3.42. The van der Waals surface area contributed by atoms with Crippen LogP contribution in [0.1, 0.15) is 27.3 Å². The fraction of sp³-hybridized carbons (Fsp3) is 0.167. The molecule has 1 N–H and O–H groups in total. The van der Waals surface area contributed by atoms with Crippen molar-refractivity contribution in [1.29, 1.82) is 0 Å². The molecule has 0 saturated carbocycles. The second-order valence-corrected chi connectivity index (χ2v) is 5.49. The Labute approximate surface area is 138 Å². The lowest BCUT2D eigenvalue weighted by Crippen LogP contribution is -2.22. The average molecular weight is 325 g/mol. The van der Waals surface area contributed by atoms with Crippen LogP contribution in [0.25, 0.3) is 11.5 Å². The van der Waals surface area contributed by atoms with Gasteiger partial charge in [0.1, 0.15) is 5.82 Å². The lowest BCUT2D eigenvalue weighted by Gasteiger charge is -2.07. The van der Waals surface area contributed by atoms with Crippen molar-refractivity contribution < 1.29 is 13.7 Å². The molecule has 0 atom stereocenters. The Bertz CT molecular complexity index is 872. The maximum atomic E-state index is 13.5. The predicted molar refractivity (Wildman–Crippen MR) is 86.8 cm³/mol. The van der Waals surface area contributed by atoms with Crippen LogP contribution < -0.4 is 5.32 Å². The molecule has 0 spiro atoms. The van der Waals surface area contributed by atoms with Crippen LogP contribution in [0, 0.1) is 19.7 Å². The second kappa shape index (κ2) is 6.62. The monoisotopic (exact) mass is 325 g/mol. The largest absolute Gasteiger partial charge is 0.348 e. The molecule has 0 bridgehead atoms. The molecule has 3 rings (SSSR count). The third kappa shape index (κ3) is 3.48. The third-order valence-corrected chi connectivity index (χ3v) is 3.61. The zero-order valence-electron chi connectivity index (χ0n) is 13.3. The van der Waals surface area contributed by atoms with Gasteiger partial charge in [-0.05, 0) is 55.3 Å². The van der Waals surface area contributed by atoms with Crippen molar-refractivity contribution in [1.82, 2.24) is 15.5 Å². The molecule has 1 heterocycles. The summed E-state index contributed by atoms with van der Waals surface area (Å²) in [4.78, 5) is 16.3. The molecule has 1 amide bonds. The molecule has 3 aromatic rings. The molecule has 24 heavy (non-hydrogen) atoms. The van der Waals surface area contributed by atoms with E-state index in [2.05, 4.69) is 15.5 Å². The van der Waals surface area contributed by atoms with E-state index >= 15 is 0 Å². The average Bonchev–Trinajstić information content (AvgIpc) is 3.02. The second-order valence-electron chi connectivity index (χ2n) is 5.49. The third-order valence-electron chi connectivity index (χ3n) is 3.61. The minimum atomic E-state index is -0.277. The van der Waals surface area contributed by atoms with Gasteiger partial charge in [0.2, 0.25) is 0 Å². The molecule has 1 aromatic heterocycles. The Morgan fingerprint density at radius 1 is 1.17 bits per heavy atom. The highest BCUT2D eigenvalue weighted by Crippen LogP contribution is 2.17. The highest BCUT2D eigenvalue weighted by molar-refractivity contribution is 5.94. The number of nitrogens with zero attached hydrogens (tertiary/aromatic N) is 2. The van der Waals surface area contributed by atoms with Gasteiger partial charge in [0.25, 0.3) is 11.8 Å². The van der Waals surface area contributed by atoms with Crippen LogP contribution in [0.15, 0.2) is 47.0 Å². The fourth-order valence-electron chi connectivity index (χ4n) is 2.21. The van der Waals surface area contributed by atoms with E-state index in [4.69, 9.17) is 4.52 Å². The van der Waals surface area contributed by atoms with Gasteiger partial charge in [-0.2, -0.15) is 4.98 Å². The van der Waals surface area contributed by atoms with E-state index in [1.54, 1.807) is 50.2 Å². The van der Waals surface area contributed by atoms with Gasteiger partial charge in [-0.15, -0.1) is 0 Å². The summed E-state index contributed by atoms with van der Waals surface area (Å²) in [6.45, 7) is 3.70. The molecule has 0 aliphatic rings. The quantitative estimate of drug-likeness (QED) is 0.798. The van der Waals surface area contributed by atoms with E-state index in [0.29, 0.717) is 28.4 Å². The summed E-state index contributed by atoms with van der Waals surface area (Å²) < 4.78 is 18.6. The zero-order valence-corrected chi connectivity index (χ0v) is 13.3. The van der Waals surface area contributed by atoms with Gasteiger partial charge < -0.3 is 9.84 Å². The fourth-order valence-corrected chi connectivity index (χ4v) is 2.21. The minimum Gasteiger partial charge on any atom is -0.348 e. The minimum absolute atomic E-state index is 0.232. The number of nitrogens with one attached hydrogen (secondary N) is 1. The molecule has 122 valence electrons. The number of hydrogen-bond acceptors (Lipinski definition) is 4. The highest BCUT2D eigenvalue weighted by atomic mass is 19.1. The topological polar surface area (TPSA) is 68.0 Å². The summed E-state index contributed by atoms with van der Waals surface area (Å²) >= 11 is 0. The first kappa shape index (κ1) is 15.9. The molecule has 0 radical (unpaired) electrons. The van der Waals surface area contributed by atoms with Crippen LogP contribution in [-0.4, -0.2) is 16.0 Å². The molecule has 2 aromatic carbocycles. The number of benzene rings is 2. The lowest BCUT2D eigenvalue weighted by molar-refractivity contribution is 0.0951. The van der Waals surface area contributed by atoms with E-state index < -0.39 is 0 Å². The van der Waals surface area contributed by atoms with Gasteiger partial charge in [0.15, 0.2) is 5.82 Å². The lowest BCUT2D eigenvalue weighted by atomic mass is 10.1. The number of rotatable bonds is 4. The highest BCUT2D eigenvalue weighted by Gasteiger charge is 2.09. The standard InChI is InChI=1S/C18H16FN3O2/c1-11-3-4-13(9-16(11)19)10-20-17(23)14-5-7-15(8-6-14)18-21-12(2)22-24-18/h3-9H,10H2,1-2H3,(H,20,23). The van der Waals surface area contributed by atoms with Gasteiger partial charge in [0, 0.05) is 17.7 Å². The van der Waals surface area contributed by atoms with Crippen molar-refractivity contribution >= 4 is 5.91 Å². The van der Waals surface area contributed by atoms with E-state index in [1.165, 1.54) is 6.07 Å². The SMILES string of the molecule is Cc1noc(-c2ccc(C(=O)NCc3ccc(C)c(F)c3)cc2)n1. The number of carbonyl (C=O) groups excluding carboxylic acids is 1. The van der Waals surface area contributed by atoms with E-state index in [0.717, 1.165) is 5.56 Å². The van der Waals surface area contributed by atoms with Gasteiger partial charge in [-0.3, -0.25) is 4.79 Å². The smallest absolute Gasteiger partial charge is 0.257 e. The van der Waals surface area contributed by atoms with Crippen molar-refractivity contribution in [2.75, 3.05) is 0 Å². The van der Waals surface area contributed by atoms with Gasteiger partial charge in [-0.1, -0.05) is 17.3 Å². The van der Waals surface area contributed by atoms with Crippen LogP contribution in [-0.2, 0) is 6.54 Å². The van der Waals surface area contributed by atoms with E-state index in [-0.39, 0.29) is 18.3 Å². The van der Waals surface area contributed by atoms with Crippen molar-refractivity contribution in [2.24, 2.45) is 0 Å². The van der Waals surface area contributed by atoms with Crippen LogP contribution in [0.5, 0.6) is 0 Å². The summed E-state index contributed by atoms with van der Waals surface area (Å²) in [5.41, 5.74) is 2.54. The summed E-state index contributed by atoms with van der Waals surface area (Å²) in [5, 5.41) is 6.50. The van der Waals surface area contributed by atoms with Gasteiger partial charge >= 0.3 is 0 Å². The number of carbonyl (C=O) groups is 1. The maximum Gasteiger partial charge on any atom is 0.257 e. The Morgan fingerprint density at radius 3 is 2.54 bits per heavy atom.